The Balaban J connectivity index is 0.000000176. The van der Waals surface area contributed by atoms with E-state index in [1.807, 2.05) is 12.1 Å². The molecule has 1 aromatic rings. The average Bonchev–Trinajstić information content (AvgIpc) is 3.10. The molecule has 4 aliphatic rings. The van der Waals surface area contributed by atoms with Gasteiger partial charge in [-0.25, -0.2) is 0 Å². The minimum absolute atomic E-state index is 0.148. The fourth-order valence-corrected chi connectivity index (χ4v) is 4.74. The third-order valence-electron chi connectivity index (χ3n) is 6.50. The molecule has 5 rings (SSSR count). The minimum Gasteiger partial charge on any atom is -0.493 e. The van der Waals surface area contributed by atoms with Crippen molar-refractivity contribution in [2.75, 3.05) is 32.9 Å². The number of hydrogen-bond acceptors (Lipinski definition) is 6. The highest BCUT2D eigenvalue weighted by atomic mass is 16.5. The van der Waals surface area contributed by atoms with Crippen molar-refractivity contribution in [3.63, 3.8) is 0 Å². The summed E-state index contributed by atoms with van der Waals surface area (Å²) in [4.78, 5) is 25.4. The molecule has 0 saturated carbocycles. The van der Waals surface area contributed by atoms with E-state index < -0.39 is 0 Å². The van der Waals surface area contributed by atoms with Gasteiger partial charge in [-0.05, 0) is 50.7 Å². The van der Waals surface area contributed by atoms with Gasteiger partial charge in [-0.1, -0.05) is 18.2 Å². The van der Waals surface area contributed by atoms with Crippen LogP contribution in [0.15, 0.2) is 24.3 Å². The minimum atomic E-state index is -0.367. The van der Waals surface area contributed by atoms with Gasteiger partial charge in [0.2, 0.25) is 12.3 Å². The molecule has 172 valence electrons. The van der Waals surface area contributed by atoms with Crippen LogP contribution in [0.25, 0.3) is 0 Å². The van der Waals surface area contributed by atoms with Crippen LogP contribution >= 0.6 is 0 Å². The van der Waals surface area contributed by atoms with Gasteiger partial charge in [0.1, 0.15) is 5.75 Å². The Morgan fingerprint density at radius 3 is 2.55 bits per heavy atom. The Kier molecular flexibility index (Phi) is 8.69. The van der Waals surface area contributed by atoms with Gasteiger partial charge in [0.05, 0.1) is 31.9 Å². The topological polar surface area (TPSA) is 111 Å². The van der Waals surface area contributed by atoms with Crippen molar-refractivity contribution >= 4 is 12.3 Å². The molecule has 0 spiro atoms. The lowest BCUT2D eigenvalue weighted by atomic mass is 10.0. The van der Waals surface area contributed by atoms with Crippen molar-refractivity contribution in [2.24, 2.45) is 11.5 Å². The maximum Gasteiger partial charge on any atom is 0.241 e. The number of nitrogens with zero attached hydrogens (tertiary/aromatic N) is 2. The number of para-hydroxylation sites is 1. The number of fused-ring (bicyclic) bond motifs is 2. The van der Waals surface area contributed by atoms with Crippen molar-refractivity contribution in [1.29, 1.82) is 0 Å². The van der Waals surface area contributed by atoms with Crippen LogP contribution in [0, 0.1) is 0 Å². The van der Waals surface area contributed by atoms with Crippen molar-refractivity contribution in [3.8, 4) is 5.75 Å². The number of carbonyl (C=O) groups is 2. The largest absolute Gasteiger partial charge is 0.493 e. The van der Waals surface area contributed by atoms with Crippen LogP contribution in [-0.4, -0.2) is 79.2 Å². The Bertz CT molecular complexity index is 702. The van der Waals surface area contributed by atoms with Crippen molar-refractivity contribution < 1.29 is 19.1 Å². The summed E-state index contributed by atoms with van der Waals surface area (Å²) >= 11 is 0. The number of rotatable bonds is 1. The molecular weight excluding hydrogens is 396 g/mol. The van der Waals surface area contributed by atoms with Gasteiger partial charge in [-0.2, -0.15) is 0 Å². The normalized spacial score (nSPS) is 28.1. The molecule has 3 fully saturated rings. The number of carbonyl (C=O) groups excluding carboxylic acids is 2. The lowest BCUT2D eigenvalue weighted by molar-refractivity contribution is -0.139. The van der Waals surface area contributed by atoms with E-state index in [1.165, 1.54) is 12.0 Å². The van der Waals surface area contributed by atoms with E-state index >= 15 is 0 Å². The van der Waals surface area contributed by atoms with E-state index in [1.54, 1.807) is 0 Å². The van der Waals surface area contributed by atoms with E-state index in [0.29, 0.717) is 24.7 Å². The first-order chi connectivity index (χ1) is 15.0. The summed E-state index contributed by atoms with van der Waals surface area (Å²) in [7, 11) is 0. The molecule has 2 amide bonds. The first kappa shape index (κ1) is 23.5. The SMILES string of the molecule is CC1CCC2CCN(C3COC3)CC(N)C(=O)N12.NC=O.c1ccc2c(c1)CCCO2. The molecule has 4 N–H and O–H groups in total. The first-order valence-corrected chi connectivity index (χ1v) is 11.3. The molecule has 1 aromatic carbocycles. The maximum absolute atomic E-state index is 12.4. The van der Waals surface area contributed by atoms with E-state index in [-0.39, 0.29) is 18.4 Å². The number of nitrogens with two attached hydrogens (primary N) is 2. The smallest absolute Gasteiger partial charge is 0.241 e. The fraction of sp³-hybridized carbons (Fsp3) is 0.652. The van der Waals surface area contributed by atoms with E-state index in [2.05, 4.69) is 34.6 Å². The predicted molar refractivity (Wildman–Crippen MR) is 119 cm³/mol. The molecule has 4 heterocycles. The zero-order valence-corrected chi connectivity index (χ0v) is 18.4. The Labute approximate surface area is 184 Å². The number of hydrogen-bond donors (Lipinski definition) is 2. The zero-order chi connectivity index (χ0) is 22.2. The number of primary amides is 1. The monoisotopic (exact) mass is 432 g/mol. The van der Waals surface area contributed by atoms with Gasteiger partial charge in [0.15, 0.2) is 0 Å². The summed E-state index contributed by atoms with van der Waals surface area (Å²) in [5.74, 6) is 1.23. The summed E-state index contributed by atoms with van der Waals surface area (Å²) in [5, 5.41) is 0. The molecule has 31 heavy (non-hydrogen) atoms. The van der Waals surface area contributed by atoms with Gasteiger partial charge in [0.25, 0.3) is 0 Å². The van der Waals surface area contributed by atoms with Crippen molar-refractivity contribution in [3.05, 3.63) is 29.8 Å². The Morgan fingerprint density at radius 1 is 1.13 bits per heavy atom. The lowest BCUT2D eigenvalue weighted by Crippen LogP contribution is -2.60. The van der Waals surface area contributed by atoms with E-state index in [0.717, 1.165) is 57.8 Å². The molecule has 8 heteroatoms. The average molecular weight is 433 g/mol. The second kappa shape index (κ2) is 11.5. The Hall–Kier alpha value is -2.16. The van der Waals surface area contributed by atoms with Crippen LogP contribution in [0.2, 0.25) is 0 Å². The molecule has 0 radical (unpaired) electrons. The summed E-state index contributed by atoms with van der Waals surface area (Å²) in [6.07, 6.45) is 5.93. The van der Waals surface area contributed by atoms with Crippen LogP contribution in [0.1, 0.15) is 38.2 Å². The number of aryl methyl sites for hydroxylation is 1. The molecule has 3 unspecified atom stereocenters. The highest BCUT2D eigenvalue weighted by molar-refractivity contribution is 5.83. The lowest BCUT2D eigenvalue weighted by Gasteiger charge is -2.42. The summed E-state index contributed by atoms with van der Waals surface area (Å²) in [6.45, 7) is 6.35. The fourth-order valence-electron chi connectivity index (χ4n) is 4.74. The molecule has 8 nitrogen and oxygen atoms in total. The molecule has 4 aliphatic heterocycles. The van der Waals surface area contributed by atoms with Gasteiger partial charge in [-0.15, -0.1) is 0 Å². The van der Waals surface area contributed by atoms with E-state index in [4.69, 9.17) is 20.0 Å². The van der Waals surface area contributed by atoms with Crippen LogP contribution in [0.4, 0.5) is 0 Å². The van der Waals surface area contributed by atoms with Crippen molar-refractivity contribution in [1.82, 2.24) is 9.80 Å². The predicted octanol–water partition coefficient (Wildman–Crippen LogP) is 0.911. The summed E-state index contributed by atoms with van der Waals surface area (Å²) in [6, 6.07) is 9.14. The van der Waals surface area contributed by atoms with Crippen LogP contribution < -0.4 is 16.2 Å². The van der Waals surface area contributed by atoms with Gasteiger partial charge in [-0.3, -0.25) is 14.5 Å². The molecular formula is C23H36N4O4. The summed E-state index contributed by atoms with van der Waals surface area (Å²) < 4.78 is 10.7. The van der Waals surface area contributed by atoms with Gasteiger partial charge < -0.3 is 25.8 Å². The second-order valence-corrected chi connectivity index (χ2v) is 8.60. The van der Waals surface area contributed by atoms with E-state index in [9.17, 15) is 4.79 Å². The molecule has 0 bridgehead atoms. The second-order valence-electron chi connectivity index (χ2n) is 8.60. The molecule has 0 aromatic heterocycles. The highest BCUT2D eigenvalue weighted by Crippen LogP contribution is 2.29. The molecule has 3 saturated heterocycles. The van der Waals surface area contributed by atoms with Crippen LogP contribution in [-0.2, 0) is 20.7 Å². The summed E-state index contributed by atoms with van der Waals surface area (Å²) in [5.41, 5.74) is 11.6. The molecule has 0 aliphatic carbocycles. The quantitative estimate of drug-likeness (QED) is 0.638. The highest BCUT2D eigenvalue weighted by Gasteiger charge is 2.40. The zero-order valence-electron chi connectivity index (χ0n) is 18.4. The number of amides is 2. The number of benzene rings is 1. The van der Waals surface area contributed by atoms with Crippen molar-refractivity contribution in [2.45, 2.75) is 63.2 Å². The van der Waals surface area contributed by atoms with Gasteiger partial charge in [0, 0.05) is 25.2 Å². The third-order valence-corrected chi connectivity index (χ3v) is 6.50. The standard InChI is InChI=1S/C13H23N3O2.C9H10O.CH3NO/c1-9-2-3-10-4-5-15(11-7-18-8-11)6-12(14)13(17)16(9)10;1-2-6-9-8(4-1)5-3-7-10-9;2-1-3/h9-12H,2-8,14H2,1H3;1-2,4,6H,3,5,7H2;1H,(H2,2,3). The van der Waals surface area contributed by atoms with Crippen LogP contribution in [0.5, 0.6) is 5.75 Å². The maximum atomic E-state index is 12.4. The van der Waals surface area contributed by atoms with Crippen LogP contribution in [0.3, 0.4) is 0 Å². The number of ether oxygens (including phenoxy) is 2. The Morgan fingerprint density at radius 2 is 1.87 bits per heavy atom. The molecule has 3 atom stereocenters. The van der Waals surface area contributed by atoms with Gasteiger partial charge >= 0.3 is 0 Å². The first-order valence-electron chi connectivity index (χ1n) is 11.3. The third kappa shape index (κ3) is 5.96.